The molecule has 0 spiro atoms. The lowest BCUT2D eigenvalue weighted by molar-refractivity contribution is -0.115. The summed E-state index contributed by atoms with van der Waals surface area (Å²) in [6.07, 6.45) is 1.80. The molecule has 1 atom stereocenters. The number of aryl methyl sites for hydroxylation is 1. The zero-order chi connectivity index (χ0) is 22.8. The van der Waals surface area contributed by atoms with Crippen LogP contribution in [0.2, 0.25) is 0 Å². The molecule has 1 unspecified atom stereocenters. The molecule has 1 fully saturated rings. The van der Waals surface area contributed by atoms with E-state index in [2.05, 4.69) is 35.6 Å². The molecule has 7 nitrogen and oxygen atoms in total. The van der Waals surface area contributed by atoms with Crippen molar-refractivity contribution in [3.8, 4) is 0 Å². The van der Waals surface area contributed by atoms with Crippen LogP contribution in [-0.2, 0) is 21.4 Å². The smallest absolute Gasteiger partial charge is 0.243 e. The van der Waals surface area contributed by atoms with Crippen molar-refractivity contribution in [2.75, 3.05) is 18.4 Å². The molecule has 9 heteroatoms. The van der Waals surface area contributed by atoms with Crippen LogP contribution in [0.5, 0.6) is 0 Å². The molecule has 170 valence electrons. The minimum Gasteiger partial charge on any atom is -0.325 e. The highest BCUT2D eigenvalue weighted by Gasteiger charge is 2.27. The quantitative estimate of drug-likeness (QED) is 0.596. The predicted octanol–water partition coefficient (Wildman–Crippen LogP) is 4.06. The van der Waals surface area contributed by atoms with E-state index in [-0.39, 0.29) is 16.1 Å². The van der Waals surface area contributed by atoms with E-state index in [9.17, 15) is 13.2 Å². The largest absolute Gasteiger partial charge is 0.325 e. The normalized spacial score (nSPS) is 16.1. The molecule has 31 heavy (non-hydrogen) atoms. The van der Waals surface area contributed by atoms with Crippen molar-refractivity contribution in [2.45, 2.75) is 69.3 Å². The molecule has 0 saturated carbocycles. The summed E-state index contributed by atoms with van der Waals surface area (Å²) in [5.41, 5.74) is 2.68. The van der Waals surface area contributed by atoms with Gasteiger partial charge >= 0.3 is 0 Å². The van der Waals surface area contributed by atoms with E-state index in [1.165, 1.54) is 16.1 Å². The summed E-state index contributed by atoms with van der Waals surface area (Å²) in [6.45, 7) is 12.2. The number of imidazole rings is 1. The topological polar surface area (TPSA) is 84.3 Å². The lowest BCUT2D eigenvalue weighted by Gasteiger charge is -2.17. The third-order valence-electron chi connectivity index (χ3n) is 5.45. The molecule has 0 bridgehead atoms. The number of carbonyl (C=O) groups is 1. The Bertz CT molecular complexity index is 1020. The maximum absolute atomic E-state index is 12.7. The van der Waals surface area contributed by atoms with E-state index in [1.54, 1.807) is 24.3 Å². The van der Waals surface area contributed by atoms with Crippen molar-refractivity contribution >= 4 is 33.4 Å². The summed E-state index contributed by atoms with van der Waals surface area (Å²) < 4.78 is 29.0. The summed E-state index contributed by atoms with van der Waals surface area (Å²) in [7, 11) is -3.45. The van der Waals surface area contributed by atoms with E-state index in [0.29, 0.717) is 24.7 Å². The van der Waals surface area contributed by atoms with Gasteiger partial charge in [-0.15, -0.1) is 0 Å². The number of carbonyl (C=O) groups excluding carboxylic acids is 1. The first-order valence-electron chi connectivity index (χ1n) is 10.7. The summed E-state index contributed by atoms with van der Waals surface area (Å²) in [5.74, 6) is 0.334. The van der Waals surface area contributed by atoms with E-state index < -0.39 is 10.0 Å². The summed E-state index contributed by atoms with van der Waals surface area (Å²) >= 11 is 1.44. The molecule has 1 aliphatic heterocycles. The standard InChI is InChI=1S/C22H32N4O3S2/c1-15(2)14-26-17(4)16(3)23-22(26)30-18(5)21(27)24-19-8-10-20(11-9-19)31(28,29)25-12-6-7-13-25/h8-11,15,18H,6-7,12-14H2,1-5H3,(H,24,27). The first-order chi connectivity index (χ1) is 14.6. The summed E-state index contributed by atoms with van der Waals surface area (Å²) in [4.78, 5) is 17.6. The molecular formula is C22H32N4O3S2. The van der Waals surface area contributed by atoms with Crippen LogP contribution in [0, 0.1) is 19.8 Å². The summed E-state index contributed by atoms with van der Waals surface area (Å²) in [6, 6.07) is 6.41. The van der Waals surface area contributed by atoms with Gasteiger partial charge in [-0.3, -0.25) is 4.79 Å². The summed E-state index contributed by atoms with van der Waals surface area (Å²) in [5, 5.41) is 3.39. The molecule has 2 aromatic rings. The second-order valence-electron chi connectivity index (χ2n) is 8.45. The first-order valence-corrected chi connectivity index (χ1v) is 13.0. The van der Waals surface area contributed by atoms with Gasteiger partial charge in [0.1, 0.15) is 0 Å². The van der Waals surface area contributed by atoms with Crippen molar-refractivity contribution in [1.29, 1.82) is 0 Å². The van der Waals surface area contributed by atoms with Crippen LogP contribution in [0.1, 0.15) is 45.0 Å². The van der Waals surface area contributed by atoms with Crippen molar-refractivity contribution in [3.63, 3.8) is 0 Å². The molecule has 1 amide bonds. The number of sulfonamides is 1. The van der Waals surface area contributed by atoms with Gasteiger partial charge < -0.3 is 9.88 Å². The number of nitrogens with zero attached hydrogens (tertiary/aromatic N) is 3. The molecule has 1 aliphatic rings. The van der Waals surface area contributed by atoms with Gasteiger partial charge in [0.15, 0.2) is 5.16 Å². The van der Waals surface area contributed by atoms with Gasteiger partial charge in [-0.25, -0.2) is 13.4 Å². The van der Waals surface area contributed by atoms with Gasteiger partial charge in [-0.05, 0) is 63.8 Å². The Morgan fingerprint density at radius 3 is 2.32 bits per heavy atom. The van der Waals surface area contributed by atoms with Gasteiger partial charge in [-0.1, -0.05) is 25.6 Å². The zero-order valence-corrected chi connectivity index (χ0v) is 20.5. The number of amides is 1. The Kier molecular flexibility index (Phi) is 7.49. The highest BCUT2D eigenvalue weighted by atomic mass is 32.2. The van der Waals surface area contributed by atoms with Crippen LogP contribution < -0.4 is 5.32 Å². The molecule has 3 rings (SSSR count). The third-order valence-corrected chi connectivity index (χ3v) is 8.45. The van der Waals surface area contributed by atoms with Crippen molar-refractivity contribution in [1.82, 2.24) is 13.9 Å². The van der Waals surface area contributed by atoms with Crippen molar-refractivity contribution < 1.29 is 13.2 Å². The number of anilines is 1. The van der Waals surface area contributed by atoms with Gasteiger partial charge in [0, 0.05) is 31.0 Å². The second kappa shape index (κ2) is 9.75. The Morgan fingerprint density at radius 1 is 1.13 bits per heavy atom. The number of nitrogens with one attached hydrogen (secondary N) is 1. The van der Waals surface area contributed by atoms with Crippen LogP contribution >= 0.6 is 11.8 Å². The fraction of sp³-hybridized carbons (Fsp3) is 0.545. The molecule has 1 N–H and O–H groups in total. The average molecular weight is 465 g/mol. The Labute approximate surface area is 189 Å². The molecule has 1 saturated heterocycles. The first kappa shape index (κ1) is 23.8. The van der Waals surface area contributed by atoms with Crippen LogP contribution in [-0.4, -0.2) is 46.5 Å². The number of benzene rings is 1. The van der Waals surface area contributed by atoms with E-state index in [4.69, 9.17) is 0 Å². The van der Waals surface area contributed by atoms with Crippen LogP contribution in [0.25, 0.3) is 0 Å². The molecule has 1 aromatic heterocycles. The Hall–Kier alpha value is -1.84. The third kappa shape index (κ3) is 5.51. The van der Waals surface area contributed by atoms with Crippen LogP contribution in [0.3, 0.4) is 0 Å². The highest BCUT2D eigenvalue weighted by molar-refractivity contribution is 8.00. The average Bonchev–Trinajstić information content (AvgIpc) is 3.34. The molecule has 0 aliphatic carbocycles. The highest BCUT2D eigenvalue weighted by Crippen LogP contribution is 2.27. The fourth-order valence-corrected chi connectivity index (χ4v) is 6.06. The maximum Gasteiger partial charge on any atom is 0.243 e. The lowest BCUT2D eigenvalue weighted by atomic mass is 10.2. The van der Waals surface area contributed by atoms with Crippen molar-refractivity contribution in [2.24, 2.45) is 5.92 Å². The fourth-order valence-electron chi connectivity index (χ4n) is 3.54. The minimum atomic E-state index is -3.45. The number of hydrogen-bond donors (Lipinski definition) is 1. The number of rotatable bonds is 8. The maximum atomic E-state index is 12.7. The lowest BCUT2D eigenvalue weighted by Crippen LogP contribution is -2.28. The van der Waals surface area contributed by atoms with E-state index in [1.807, 2.05) is 13.8 Å². The van der Waals surface area contributed by atoms with E-state index >= 15 is 0 Å². The minimum absolute atomic E-state index is 0.144. The molecular weight excluding hydrogens is 432 g/mol. The van der Waals surface area contributed by atoms with E-state index in [0.717, 1.165) is 35.9 Å². The monoisotopic (exact) mass is 464 g/mol. The molecule has 2 heterocycles. The number of thioether (sulfide) groups is 1. The van der Waals surface area contributed by atoms with Crippen LogP contribution in [0.4, 0.5) is 5.69 Å². The van der Waals surface area contributed by atoms with Gasteiger partial charge in [0.05, 0.1) is 15.8 Å². The SMILES string of the molecule is Cc1nc(SC(C)C(=O)Nc2ccc(S(=O)(=O)N3CCCC3)cc2)n(CC(C)C)c1C. The van der Waals surface area contributed by atoms with Crippen LogP contribution in [0.15, 0.2) is 34.3 Å². The molecule has 1 aromatic carbocycles. The number of aromatic nitrogens is 2. The van der Waals surface area contributed by atoms with Gasteiger partial charge in [0.25, 0.3) is 0 Å². The molecule has 0 radical (unpaired) electrons. The second-order valence-corrected chi connectivity index (χ2v) is 11.7. The predicted molar refractivity (Wildman–Crippen MR) is 125 cm³/mol. The van der Waals surface area contributed by atoms with Gasteiger partial charge in [-0.2, -0.15) is 4.31 Å². The Balaban J connectivity index is 1.66. The van der Waals surface area contributed by atoms with Gasteiger partial charge in [0.2, 0.25) is 15.9 Å². The van der Waals surface area contributed by atoms with Crippen molar-refractivity contribution in [3.05, 3.63) is 35.7 Å². The number of hydrogen-bond acceptors (Lipinski definition) is 5. The zero-order valence-electron chi connectivity index (χ0n) is 18.9. The Morgan fingerprint density at radius 2 is 1.74 bits per heavy atom.